The van der Waals surface area contributed by atoms with Gasteiger partial charge in [-0.3, -0.25) is 10.1 Å². The highest BCUT2D eigenvalue weighted by Gasteiger charge is 2.22. The van der Waals surface area contributed by atoms with Gasteiger partial charge in [0.2, 0.25) is 0 Å². The molecular formula is C14H14BrNO2. The molecule has 0 fully saturated rings. The van der Waals surface area contributed by atoms with Crippen molar-refractivity contribution in [3.63, 3.8) is 0 Å². The van der Waals surface area contributed by atoms with Crippen molar-refractivity contribution in [3.8, 4) is 0 Å². The van der Waals surface area contributed by atoms with Gasteiger partial charge in [0.15, 0.2) is 0 Å². The highest BCUT2D eigenvalue weighted by Crippen LogP contribution is 2.38. The molecule has 0 atom stereocenters. The van der Waals surface area contributed by atoms with Crippen LogP contribution < -0.4 is 0 Å². The monoisotopic (exact) mass is 307 g/mol. The van der Waals surface area contributed by atoms with Gasteiger partial charge in [-0.05, 0) is 38.4 Å². The van der Waals surface area contributed by atoms with Crippen molar-refractivity contribution in [1.82, 2.24) is 0 Å². The van der Waals surface area contributed by atoms with Crippen LogP contribution in [0.5, 0.6) is 0 Å². The molecule has 2 aromatic carbocycles. The Labute approximate surface area is 114 Å². The average Bonchev–Trinajstić information content (AvgIpc) is 2.26. The van der Waals surface area contributed by atoms with Crippen LogP contribution in [0, 0.1) is 10.1 Å². The van der Waals surface area contributed by atoms with E-state index in [0.717, 1.165) is 15.4 Å². The maximum absolute atomic E-state index is 11.1. The van der Waals surface area contributed by atoms with Gasteiger partial charge in [0.1, 0.15) is 0 Å². The lowest BCUT2D eigenvalue weighted by atomic mass is 9.83. The summed E-state index contributed by atoms with van der Waals surface area (Å²) in [6.07, 6.45) is 0. The van der Waals surface area contributed by atoms with Crippen LogP contribution in [0.2, 0.25) is 0 Å². The number of hydrogen-bond acceptors (Lipinski definition) is 2. The van der Waals surface area contributed by atoms with Crippen molar-refractivity contribution in [2.45, 2.75) is 26.2 Å². The first-order chi connectivity index (χ1) is 8.32. The molecule has 0 unspecified atom stereocenters. The molecule has 0 heterocycles. The molecule has 0 saturated heterocycles. The van der Waals surface area contributed by atoms with Crippen molar-refractivity contribution in [3.05, 3.63) is 50.5 Å². The van der Waals surface area contributed by atoms with Gasteiger partial charge in [0.25, 0.3) is 5.69 Å². The van der Waals surface area contributed by atoms with Crippen LogP contribution in [0.25, 0.3) is 10.8 Å². The molecule has 18 heavy (non-hydrogen) atoms. The van der Waals surface area contributed by atoms with E-state index in [2.05, 4.69) is 36.7 Å². The smallest absolute Gasteiger partial charge is 0.258 e. The summed E-state index contributed by atoms with van der Waals surface area (Å²) in [5, 5.41) is 12.7. The highest BCUT2D eigenvalue weighted by atomic mass is 79.9. The van der Waals surface area contributed by atoms with Gasteiger partial charge in [-0.1, -0.05) is 39.0 Å². The van der Waals surface area contributed by atoms with Crippen molar-refractivity contribution in [1.29, 1.82) is 0 Å². The summed E-state index contributed by atoms with van der Waals surface area (Å²) >= 11 is 3.41. The van der Waals surface area contributed by atoms with E-state index in [4.69, 9.17) is 0 Å². The van der Waals surface area contributed by atoms with Crippen molar-refractivity contribution in [2.24, 2.45) is 0 Å². The zero-order valence-electron chi connectivity index (χ0n) is 10.5. The first-order valence-electron chi connectivity index (χ1n) is 5.68. The number of nitrogens with zero attached hydrogens (tertiary/aromatic N) is 1. The lowest BCUT2D eigenvalue weighted by Gasteiger charge is -2.21. The minimum atomic E-state index is -0.334. The Morgan fingerprint density at radius 2 is 1.83 bits per heavy atom. The molecule has 3 nitrogen and oxygen atoms in total. The number of fused-ring (bicyclic) bond motifs is 1. The summed E-state index contributed by atoms with van der Waals surface area (Å²) in [6.45, 7) is 6.32. The average molecular weight is 308 g/mol. The Morgan fingerprint density at radius 3 is 2.39 bits per heavy atom. The third kappa shape index (κ3) is 2.12. The summed E-state index contributed by atoms with van der Waals surface area (Å²) in [5.41, 5.74) is 1.21. The Kier molecular flexibility index (Phi) is 3.15. The van der Waals surface area contributed by atoms with Crippen molar-refractivity contribution < 1.29 is 4.92 Å². The predicted molar refractivity (Wildman–Crippen MR) is 77.0 cm³/mol. The van der Waals surface area contributed by atoms with Crippen LogP contribution in [0.1, 0.15) is 26.3 Å². The molecule has 0 spiro atoms. The number of nitro benzene ring substituents is 1. The van der Waals surface area contributed by atoms with E-state index in [1.165, 1.54) is 0 Å². The fourth-order valence-electron chi connectivity index (χ4n) is 2.15. The van der Waals surface area contributed by atoms with Crippen LogP contribution in [-0.2, 0) is 5.41 Å². The molecular weight excluding hydrogens is 294 g/mol. The van der Waals surface area contributed by atoms with Crippen LogP contribution in [0.4, 0.5) is 5.69 Å². The topological polar surface area (TPSA) is 43.1 Å². The van der Waals surface area contributed by atoms with Crippen LogP contribution in [0.3, 0.4) is 0 Å². The van der Waals surface area contributed by atoms with Gasteiger partial charge in [-0.15, -0.1) is 0 Å². The number of halogens is 1. The Bertz CT molecular complexity index is 629. The molecule has 2 rings (SSSR count). The Morgan fingerprint density at radius 1 is 1.17 bits per heavy atom. The maximum atomic E-state index is 11.1. The van der Waals surface area contributed by atoms with Crippen LogP contribution >= 0.6 is 15.9 Å². The molecule has 0 bridgehead atoms. The molecule has 2 aromatic rings. The number of hydrogen-bond donors (Lipinski definition) is 0. The summed E-state index contributed by atoms with van der Waals surface area (Å²) in [6, 6.07) is 9.13. The van der Waals surface area contributed by atoms with E-state index in [-0.39, 0.29) is 16.0 Å². The minimum Gasteiger partial charge on any atom is -0.258 e. The quantitative estimate of drug-likeness (QED) is 0.560. The SMILES string of the molecule is CC(C)(C)c1ccc([N+](=O)[O-])c2c(Br)cccc12. The normalized spacial score (nSPS) is 11.8. The summed E-state index contributed by atoms with van der Waals surface area (Å²) in [5.74, 6) is 0. The largest absolute Gasteiger partial charge is 0.278 e. The lowest BCUT2D eigenvalue weighted by molar-refractivity contribution is -0.383. The van der Waals surface area contributed by atoms with Crippen molar-refractivity contribution in [2.75, 3.05) is 0 Å². The Hall–Kier alpha value is -1.42. The molecule has 0 N–H and O–H groups in total. The number of nitro groups is 1. The summed E-state index contributed by atoms with van der Waals surface area (Å²) < 4.78 is 0.762. The van der Waals surface area contributed by atoms with E-state index < -0.39 is 0 Å². The Balaban J connectivity index is 2.93. The van der Waals surface area contributed by atoms with Gasteiger partial charge in [-0.2, -0.15) is 0 Å². The summed E-state index contributed by atoms with van der Waals surface area (Å²) in [7, 11) is 0. The second-order valence-electron chi connectivity index (χ2n) is 5.30. The zero-order valence-corrected chi connectivity index (χ0v) is 12.1. The molecule has 0 amide bonds. The number of rotatable bonds is 1. The third-order valence-electron chi connectivity index (χ3n) is 2.97. The van der Waals surface area contributed by atoms with E-state index in [9.17, 15) is 10.1 Å². The molecule has 0 radical (unpaired) electrons. The molecule has 0 aromatic heterocycles. The second-order valence-corrected chi connectivity index (χ2v) is 6.16. The molecule has 4 heteroatoms. The molecule has 0 aliphatic rings. The van der Waals surface area contributed by atoms with Gasteiger partial charge >= 0.3 is 0 Å². The van der Waals surface area contributed by atoms with Gasteiger partial charge in [-0.25, -0.2) is 0 Å². The van der Waals surface area contributed by atoms with Gasteiger partial charge < -0.3 is 0 Å². The fourth-order valence-corrected chi connectivity index (χ4v) is 2.72. The molecule has 94 valence electrons. The van der Waals surface area contributed by atoms with E-state index in [1.807, 2.05) is 24.3 Å². The van der Waals surface area contributed by atoms with Gasteiger partial charge in [0.05, 0.1) is 10.3 Å². The standard InChI is InChI=1S/C14H14BrNO2/c1-14(2,3)10-7-8-12(16(17)18)13-9(10)5-4-6-11(13)15/h4-8H,1-3H3. The second kappa shape index (κ2) is 4.35. The summed E-state index contributed by atoms with van der Waals surface area (Å²) in [4.78, 5) is 10.8. The molecule has 0 saturated carbocycles. The van der Waals surface area contributed by atoms with Crippen LogP contribution in [0.15, 0.2) is 34.8 Å². The van der Waals surface area contributed by atoms with E-state index in [0.29, 0.717) is 5.39 Å². The lowest BCUT2D eigenvalue weighted by Crippen LogP contribution is -2.12. The minimum absolute atomic E-state index is 0.0474. The first kappa shape index (κ1) is 13.0. The number of non-ortho nitro benzene ring substituents is 1. The highest BCUT2D eigenvalue weighted by molar-refractivity contribution is 9.10. The molecule has 0 aliphatic carbocycles. The fraction of sp³-hybridized carbons (Fsp3) is 0.286. The van der Waals surface area contributed by atoms with E-state index >= 15 is 0 Å². The van der Waals surface area contributed by atoms with E-state index in [1.54, 1.807) is 6.07 Å². The van der Waals surface area contributed by atoms with Crippen LogP contribution in [-0.4, -0.2) is 4.92 Å². The first-order valence-corrected chi connectivity index (χ1v) is 6.48. The zero-order chi connectivity index (χ0) is 13.5. The predicted octanol–water partition coefficient (Wildman–Crippen LogP) is 4.81. The van der Waals surface area contributed by atoms with Gasteiger partial charge in [0, 0.05) is 10.5 Å². The number of benzene rings is 2. The van der Waals surface area contributed by atoms with Crippen molar-refractivity contribution >= 4 is 32.4 Å². The maximum Gasteiger partial charge on any atom is 0.278 e. The molecule has 0 aliphatic heterocycles. The third-order valence-corrected chi connectivity index (χ3v) is 3.63.